The predicted molar refractivity (Wildman–Crippen MR) is 74.5 cm³/mol. The van der Waals surface area contributed by atoms with E-state index in [1.165, 1.54) is 0 Å². The third kappa shape index (κ3) is 8.56. The highest BCUT2D eigenvalue weighted by Crippen LogP contribution is 2.09. The van der Waals surface area contributed by atoms with Gasteiger partial charge in [-0.25, -0.2) is 4.79 Å². The third-order valence-electron chi connectivity index (χ3n) is 2.94. The Bertz CT molecular complexity index is 282. The van der Waals surface area contributed by atoms with Crippen LogP contribution in [0.3, 0.4) is 0 Å². The van der Waals surface area contributed by atoms with Gasteiger partial charge < -0.3 is 21.9 Å². The molecular weight excluding hydrogens is 246 g/mol. The van der Waals surface area contributed by atoms with E-state index >= 15 is 0 Å². The average molecular weight is 273 g/mol. The summed E-state index contributed by atoms with van der Waals surface area (Å²) >= 11 is 0. The molecule has 0 aliphatic rings. The van der Waals surface area contributed by atoms with Gasteiger partial charge in [-0.3, -0.25) is 4.79 Å². The minimum Gasteiger partial charge on any atom is -0.480 e. The Morgan fingerprint density at radius 1 is 1.16 bits per heavy atom. The zero-order valence-corrected chi connectivity index (χ0v) is 11.9. The van der Waals surface area contributed by atoms with Crippen LogP contribution in [0, 0.1) is 5.92 Å². The molecule has 6 nitrogen and oxygen atoms in total. The summed E-state index contributed by atoms with van der Waals surface area (Å²) < 4.78 is 0. The smallest absolute Gasteiger partial charge is 0.326 e. The summed E-state index contributed by atoms with van der Waals surface area (Å²) in [6.07, 6.45) is 3.27. The second kappa shape index (κ2) is 9.75. The molecule has 0 aromatic heterocycles. The normalized spacial score (nSPS) is 14.2. The summed E-state index contributed by atoms with van der Waals surface area (Å²) in [7, 11) is 0. The van der Waals surface area contributed by atoms with Crippen LogP contribution >= 0.6 is 0 Å². The molecule has 19 heavy (non-hydrogen) atoms. The van der Waals surface area contributed by atoms with Crippen molar-refractivity contribution in [3.63, 3.8) is 0 Å². The van der Waals surface area contributed by atoms with Crippen molar-refractivity contribution in [1.82, 2.24) is 5.32 Å². The highest BCUT2D eigenvalue weighted by atomic mass is 16.4. The average Bonchev–Trinajstić information content (AvgIpc) is 2.33. The van der Waals surface area contributed by atoms with Crippen molar-refractivity contribution in [2.24, 2.45) is 17.4 Å². The quantitative estimate of drug-likeness (QED) is 0.461. The molecule has 0 saturated carbocycles. The van der Waals surface area contributed by atoms with Crippen molar-refractivity contribution in [2.75, 3.05) is 6.54 Å². The SMILES string of the molecule is CC(C)CCC[C@H](NC(=O)[C@H](N)CCCN)C(=O)O. The molecule has 0 radical (unpaired) electrons. The number of hydrogen-bond donors (Lipinski definition) is 4. The summed E-state index contributed by atoms with van der Waals surface area (Å²) in [5.74, 6) is -0.898. The van der Waals surface area contributed by atoms with Crippen molar-refractivity contribution in [1.29, 1.82) is 0 Å². The van der Waals surface area contributed by atoms with Gasteiger partial charge in [0, 0.05) is 0 Å². The standard InChI is InChI=1S/C13H27N3O3/c1-9(2)5-3-7-11(13(18)19)16-12(17)10(15)6-4-8-14/h9-11H,3-8,14-15H2,1-2H3,(H,16,17)(H,18,19)/t10-,11+/m1/s1. The highest BCUT2D eigenvalue weighted by Gasteiger charge is 2.22. The predicted octanol–water partition coefficient (Wildman–Crippen LogP) is 0.448. The maximum atomic E-state index is 11.7. The molecule has 112 valence electrons. The van der Waals surface area contributed by atoms with Gasteiger partial charge in [0.1, 0.15) is 6.04 Å². The lowest BCUT2D eigenvalue weighted by atomic mass is 10.0. The monoisotopic (exact) mass is 273 g/mol. The van der Waals surface area contributed by atoms with Gasteiger partial charge in [-0.2, -0.15) is 0 Å². The van der Waals surface area contributed by atoms with E-state index in [9.17, 15) is 9.59 Å². The van der Waals surface area contributed by atoms with E-state index in [2.05, 4.69) is 19.2 Å². The number of aliphatic carboxylic acids is 1. The molecule has 0 saturated heterocycles. The Morgan fingerprint density at radius 3 is 2.26 bits per heavy atom. The number of carbonyl (C=O) groups is 2. The lowest BCUT2D eigenvalue weighted by Crippen LogP contribution is -2.48. The van der Waals surface area contributed by atoms with E-state index in [0.29, 0.717) is 31.7 Å². The Hall–Kier alpha value is -1.14. The number of hydrogen-bond acceptors (Lipinski definition) is 4. The molecule has 0 heterocycles. The largest absolute Gasteiger partial charge is 0.480 e. The lowest BCUT2D eigenvalue weighted by molar-refractivity contribution is -0.142. The molecule has 0 rings (SSSR count). The molecule has 0 aliphatic carbocycles. The van der Waals surface area contributed by atoms with Crippen LogP contribution in [-0.2, 0) is 9.59 Å². The number of amides is 1. The Morgan fingerprint density at radius 2 is 1.79 bits per heavy atom. The van der Waals surface area contributed by atoms with Crippen molar-refractivity contribution in [3.8, 4) is 0 Å². The summed E-state index contributed by atoms with van der Waals surface area (Å²) in [5, 5.41) is 11.6. The first kappa shape index (κ1) is 17.9. The van der Waals surface area contributed by atoms with Crippen LogP contribution in [0.5, 0.6) is 0 Å². The molecular formula is C13H27N3O3. The summed E-state index contributed by atoms with van der Waals surface area (Å²) in [5.41, 5.74) is 11.0. The molecule has 6 N–H and O–H groups in total. The lowest BCUT2D eigenvalue weighted by Gasteiger charge is -2.18. The molecule has 0 unspecified atom stereocenters. The molecule has 0 aliphatic heterocycles. The van der Waals surface area contributed by atoms with E-state index in [4.69, 9.17) is 16.6 Å². The summed E-state index contributed by atoms with van der Waals surface area (Å²) in [4.78, 5) is 22.8. The minimum atomic E-state index is -1.01. The first-order valence-electron chi connectivity index (χ1n) is 6.87. The van der Waals surface area contributed by atoms with Crippen LogP contribution in [0.2, 0.25) is 0 Å². The third-order valence-corrected chi connectivity index (χ3v) is 2.94. The second-order valence-electron chi connectivity index (χ2n) is 5.26. The number of carboxylic acid groups (broad SMARTS) is 1. The second-order valence-corrected chi connectivity index (χ2v) is 5.26. The number of rotatable bonds is 10. The van der Waals surface area contributed by atoms with Gasteiger partial charge in [-0.05, 0) is 31.7 Å². The van der Waals surface area contributed by atoms with Crippen LogP contribution in [0.1, 0.15) is 46.0 Å². The van der Waals surface area contributed by atoms with E-state index in [1.54, 1.807) is 0 Å². The molecule has 0 spiro atoms. The minimum absolute atomic E-state index is 0.412. The molecule has 2 atom stereocenters. The van der Waals surface area contributed by atoms with Crippen LogP contribution in [0.15, 0.2) is 0 Å². The fraction of sp³-hybridized carbons (Fsp3) is 0.846. The van der Waals surface area contributed by atoms with Crippen molar-refractivity contribution in [3.05, 3.63) is 0 Å². The van der Waals surface area contributed by atoms with Crippen molar-refractivity contribution >= 4 is 11.9 Å². The van der Waals surface area contributed by atoms with Crippen molar-refractivity contribution in [2.45, 2.75) is 58.0 Å². The molecule has 0 aromatic rings. The maximum absolute atomic E-state index is 11.7. The van der Waals surface area contributed by atoms with Gasteiger partial charge in [0.2, 0.25) is 5.91 Å². The highest BCUT2D eigenvalue weighted by molar-refractivity contribution is 5.86. The van der Waals surface area contributed by atoms with Crippen LogP contribution in [-0.4, -0.2) is 35.6 Å². The van der Waals surface area contributed by atoms with E-state index < -0.39 is 24.0 Å². The van der Waals surface area contributed by atoms with E-state index in [1.807, 2.05) is 0 Å². The van der Waals surface area contributed by atoms with Crippen molar-refractivity contribution < 1.29 is 14.7 Å². The summed E-state index contributed by atoms with van der Waals surface area (Å²) in [6, 6.07) is -1.54. The fourth-order valence-corrected chi connectivity index (χ4v) is 1.74. The molecule has 0 fully saturated rings. The zero-order valence-electron chi connectivity index (χ0n) is 11.9. The first-order chi connectivity index (χ1) is 8.88. The van der Waals surface area contributed by atoms with Gasteiger partial charge in [-0.15, -0.1) is 0 Å². The van der Waals surface area contributed by atoms with Crippen LogP contribution in [0.25, 0.3) is 0 Å². The summed E-state index contributed by atoms with van der Waals surface area (Å²) in [6.45, 7) is 4.63. The molecule has 6 heteroatoms. The topological polar surface area (TPSA) is 118 Å². The van der Waals surface area contributed by atoms with Gasteiger partial charge in [-0.1, -0.05) is 26.7 Å². The number of carboxylic acids is 1. The Labute approximate surface area is 114 Å². The Kier molecular flexibility index (Phi) is 9.16. The van der Waals surface area contributed by atoms with Gasteiger partial charge >= 0.3 is 5.97 Å². The number of nitrogens with one attached hydrogen (secondary N) is 1. The van der Waals surface area contributed by atoms with Crippen LogP contribution < -0.4 is 16.8 Å². The van der Waals surface area contributed by atoms with Gasteiger partial charge in [0.15, 0.2) is 0 Å². The van der Waals surface area contributed by atoms with Crippen LogP contribution in [0.4, 0.5) is 0 Å². The molecule has 1 amide bonds. The van der Waals surface area contributed by atoms with Gasteiger partial charge in [0.25, 0.3) is 0 Å². The maximum Gasteiger partial charge on any atom is 0.326 e. The zero-order chi connectivity index (χ0) is 14.8. The number of nitrogens with two attached hydrogens (primary N) is 2. The number of carbonyl (C=O) groups excluding carboxylic acids is 1. The first-order valence-corrected chi connectivity index (χ1v) is 6.87. The Balaban J connectivity index is 4.18. The van der Waals surface area contributed by atoms with E-state index in [0.717, 1.165) is 12.8 Å². The van der Waals surface area contributed by atoms with E-state index in [-0.39, 0.29) is 0 Å². The van der Waals surface area contributed by atoms with Gasteiger partial charge in [0.05, 0.1) is 6.04 Å². The molecule has 0 bridgehead atoms. The molecule has 0 aromatic carbocycles. The fourth-order valence-electron chi connectivity index (χ4n) is 1.74.